The highest BCUT2D eigenvalue weighted by Gasteiger charge is 2.55. The molecule has 1 aromatic carbocycles. The molecule has 0 spiro atoms. The van der Waals surface area contributed by atoms with Crippen molar-refractivity contribution in [2.75, 3.05) is 6.61 Å². The van der Waals surface area contributed by atoms with E-state index in [2.05, 4.69) is 0 Å². The molecule has 1 aromatic rings. The van der Waals surface area contributed by atoms with Gasteiger partial charge in [0.05, 0.1) is 12.7 Å². The number of hydrogen-bond acceptors (Lipinski definition) is 5. The Bertz CT molecular complexity index is 475. The van der Waals surface area contributed by atoms with Crippen LogP contribution in [0.5, 0.6) is 0 Å². The summed E-state index contributed by atoms with van der Waals surface area (Å²) in [5.74, 6) is -0.620. The van der Waals surface area contributed by atoms with Crippen LogP contribution in [0.15, 0.2) is 30.3 Å². The van der Waals surface area contributed by atoms with E-state index in [1.165, 1.54) is 0 Å². The van der Waals surface area contributed by atoms with Crippen molar-refractivity contribution in [3.63, 3.8) is 0 Å². The second-order valence-corrected chi connectivity index (χ2v) is 6.27. The fraction of sp³-hybridized carbons (Fsp3) is 0.647. The lowest BCUT2D eigenvalue weighted by atomic mass is 10.1. The third-order valence-electron chi connectivity index (χ3n) is 4.01. The molecule has 1 N–H and O–H groups in total. The van der Waals surface area contributed by atoms with Crippen molar-refractivity contribution in [1.29, 1.82) is 0 Å². The fourth-order valence-electron chi connectivity index (χ4n) is 3.05. The minimum atomic E-state index is -0.620. The van der Waals surface area contributed by atoms with Gasteiger partial charge in [-0.2, -0.15) is 0 Å². The lowest BCUT2D eigenvalue weighted by Crippen LogP contribution is -2.31. The number of ether oxygens (including phenoxy) is 4. The normalized spacial score (nSPS) is 33.0. The second kappa shape index (κ2) is 6.64. The average molecular weight is 308 g/mol. The minimum absolute atomic E-state index is 0.0975. The Morgan fingerprint density at radius 2 is 1.86 bits per heavy atom. The summed E-state index contributed by atoms with van der Waals surface area (Å²) < 4.78 is 23.8. The van der Waals surface area contributed by atoms with Crippen LogP contribution in [0, 0.1) is 0 Å². The molecule has 0 aromatic heterocycles. The number of benzene rings is 1. The van der Waals surface area contributed by atoms with E-state index in [0.717, 1.165) is 12.0 Å². The third kappa shape index (κ3) is 3.50. The van der Waals surface area contributed by atoms with Crippen molar-refractivity contribution in [2.24, 2.45) is 0 Å². The number of aliphatic hydroxyl groups excluding tert-OH is 1. The molecule has 0 bridgehead atoms. The van der Waals surface area contributed by atoms with Gasteiger partial charge in [-0.15, -0.1) is 0 Å². The lowest BCUT2D eigenvalue weighted by molar-refractivity contribution is -0.237. The SMILES string of the molecule is CC1(C)O[C@@H]2[C@@H](OCc3ccccc3)O[C@@H](CCCO)[C@H]2O1. The summed E-state index contributed by atoms with van der Waals surface area (Å²) in [6.07, 6.45) is 0.533. The maximum absolute atomic E-state index is 9.03. The zero-order valence-electron chi connectivity index (χ0n) is 13.1. The van der Waals surface area contributed by atoms with Crippen molar-refractivity contribution in [3.05, 3.63) is 35.9 Å². The van der Waals surface area contributed by atoms with Crippen LogP contribution in [0.2, 0.25) is 0 Å². The van der Waals surface area contributed by atoms with Crippen molar-refractivity contribution < 1.29 is 24.1 Å². The average Bonchev–Trinajstić information content (AvgIpc) is 2.98. The largest absolute Gasteiger partial charge is 0.396 e. The smallest absolute Gasteiger partial charge is 0.187 e. The standard InChI is InChI=1S/C17H24O5/c1-17(2)21-14-13(9-6-10-18)20-16(15(14)22-17)19-11-12-7-4-3-5-8-12/h3-5,7-8,13-16,18H,6,9-11H2,1-2H3/t13-,14+,15-,16-/m0/s1. The number of aliphatic hydroxyl groups is 1. The Hall–Kier alpha value is -0.980. The van der Waals surface area contributed by atoms with Gasteiger partial charge in [-0.25, -0.2) is 0 Å². The molecular weight excluding hydrogens is 284 g/mol. The maximum atomic E-state index is 9.03. The number of hydrogen-bond donors (Lipinski definition) is 1. The zero-order valence-corrected chi connectivity index (χ0v) is 13.1. The topological polar surface area (TPSA) is 57.2 Å². The highest BCUT2D eigenvalue weighted by molar-refractivity contribution is 5.13. The quantitative estimate of drug-likeness (QED) is 0.873. The molecule has 2 heterocycles. The molecule has 22 heavy (non-hydrogen) atoms. The first kappa shape index (κ1) is 15.9. The van der Waals surface area contributed by atoms with Gasteiger partial charge in [-0.1, -0.05) is 30.3 Å². The summed E-state index contributed by atoms with van der Waals surface area (Å²) in [4.78, 5) is 0. The van der Waals surface area contributed by atoms with E-state index < -0.39 is 12.1 Å². The van der Waals surface area contributed by atoms with Crippen molar-refractivity contribution in [3.8, 4) is 0 Å². The van der Waals surface area contributed by atoms with Gasteiger partial charge in [0.2, 0.25) is 0 Å². The molecule has 0 radical (unpaired) electrons. The summed E-state index contributed by atoms with van der Waals surface area (Å²) in [5, 5.41) is 9.03. The van der Waals surface area contributed by atoms with Crippen LogP contribution in [0.3, 0.4) is 0 Å². The van der Waals surface area contributed by atoms with Gasteiger partial charge in [0.15, 0.2) is 12.1 Å². The van der Waals surface area contributed by atoms with E-state index in [-0.39, 0.29) is 24.9 Å². The van der Waals surface area contributed by atoms with Crippen LogP contribution in [0.25, 0.3) is 0 Å². The molecular formula is C17H24O5. The third-order valence-corrected chi connectivity index (χ3v) is 4.01. The molecule has 4 atom stereocenters. The van der Waals surface area contributed by atoms with E-state index in [1.807, 2.05) is 44.2 Å². The summed E-state index contributed by atoms with van der Waals surface area (Å²) in [6.45, 7) is 4.44. The highest BCUT2D eigenvalue weighted by Crippen LogP contribution is 2.40. The van der Waals surface area contributed by atoms with Gasteiger partial charge in [-0.05, 0) is 32.3 Å². The molecule has 3 rings (SSSR count). The first-order chi connectivity index (χ1) is 10.6. The van der Waals surface area contributed by atoms with Crippen LogP contribution in [-0.4, -0.2) is 42.1 Å². The van der Waals surface area contributed by atoms with Crippen LogP contribution < -0.4 is 0 Å². The molecule has 5 heteroatoms. The molecule has 0 saturated carbocycles. The van der Waals surface area contributed by atoms with Gasteiger partial charge in [0, 0.05) is 6.61 Å². The van der Waals surface area contributed by atoms with E-state index in [1.54, 1.807) is 0 Å². The molecule has 122 valence electrons. The Labute approximate surface area is 131 Å². The second-order valence-electron chi connectivity index (χ2n) is 6.27. The summed E-state index contributed by atoms with van der Waals surface area (Å²) >= 11 is 0. The first-order valence-corrected chi connectivity index (χ1v) is 7.86. The summed E-state index contributed by atoms with van der Waals surface area (Å²) in [5.41, 5.74) is 1.10. The molecule has 0 unspecified atom stereocenters. The minimum Gasteiger partial charge on any atom is -0.396 e. The van der Waals surface area contributed by atoms with Crippen LogP contribution in [0.1, 0.15) is 32.3 Å². The predicted molar refractivity (Wildman–Crippen MR) is 80.0 cm³/mol. The molecule has 0 aliphatic carbocycles. The molecule has 0 amide bonds. The molecule has 2 aliphatic heterocycles. The van der Waals surface area contributed by atoms with Gasteiger partial charge in [0.25, 0.3) is 0 Å². The Morgan fingerprint density at radius 3 is 2.59 bits per heavy atom. The Morgan fingerprint density at radius 1 is 1.14 bits per heavy atom. The zero-order chi connectivity index (χ0) is 15.6. The van der Waals surface area contributed by atoms with Crippen molar-refractivity contribution >= 4 is 0 Å². The predicted octanol–water partition coefficient (Wildman–Crippen LogP) is 2.22. The molecule has 5 nitrogen and oxygen atoms in total. The molecule has 2 saturated heterocycles. The molecule has 2 fully saturated rings. The van der Waals surface area contributed by atoms with Crippen LogP contribution >= 0.6 is 0 Å². The van der Waals surface area contributed by atoms with Crippen molar-refractivity contribution in [1.82, 2.24) is 0 Å². The van der Waals surface area contributed by atoms with E-state index >= 15 is 0 Å². The maximum Gasteiger partial charge on any atom is 0.187 e. The summed E-state index contributed by atoms with van der Waals surface area (Å²) in [7, 11) is 0. The monoisotopic (exact) mass is 308 g/mol. The van der Waals surface area contributed by atoms with E-state index in [9.17, 15) is 0 Å². The lowest BCUT2D eigenvalue weighted by Gasteiger charge is -2.24. The van der Waals surface area contributed by atoms with Crippen LogP contribution in [0.4, 0.5) is 0 Å². The Kier molecular flexibility index (Phi) is 4.80. The van der Waals surface area contributed by atoms with Crippen molar-refractivity contribution in [2.45, 2.75) is 63.7 Å². The Balaban J connectivity index is 1.63. The fourth-order valence-corrected chi connectivity index (χ4v) is 3.05. The van der Waals surface area contributed by atoms with Gasteiger partial charge < -0.3 is 24.1 Å². The van der Waals surface area contributed by atoms with Crippen LogP contribution in [-0.2, 0) is 25.6 Å². The number of fused-ring (bicyclic) bond motifs is 1. The summed E-state index contributed by atoms with van der Waals surface area (Å²) in [6, 6.07) is 9.99. The van der Waals surface area contributed by atoms with E-state index in [0.29, 0.717) is 13.0 Å². The van der Waals surface area contributed by atoms with Gasteiger partial charge >= 0.3 is 0 Å². The first-order valence-electron chi connectivity index (χ1n) is 7.86. The highest BCUT2D eigenvalue weighted by atomic mass is 16.8. The van der Waals surface area contributed by atoms with Gasteiger partial charge in [0.1, 0.15) is 12.2 Å². The number of rotatable bonds is 6. The molecule has 2 aliphatic rings. The van der Waals surface area contributed by atoms with E-state index in [4.69, 9.17) is 24.1 Å². The van der Waals surface area contributed by atoms with Gasteiger partial charge in [-0.3, -0.25) is 0 Å².